The third-order valence-corrected chi connectivity index (χ3v) is 6.09. The van der Waals surface area contributed by atoms with Gasteiger partial charge in [-0.05, 0) is 31.2 Å². The number of carbonyl (C=O) groups is 1. The van der Waals surface area contributed by atoms with Crippen LogP contribution in [-0.2, 0) is 19.3 Å². The largest absolute Gasteiger partial charge is 0.416 e. The number of nitrogens with zero attached hydrogens (tertiary/aromatic N) is 4. The number of nitrogens with two attached hydrogens (primary N) is 1. The Morgan fingerprint density at radius 1 is 1.23 bits per heavy atom. The van der Waals surface area contributed by atoms with Gasteiger partial charge in [-0.25, -0.2) is 9.37 Å². The molecule has 4 aromatic rings. The minimum atomic E-state index is -4.73. The molecule has 0 unspecified atom stereocenters. The van der Waals surface area contributed by atoms with E-state index in [4.69, 9.17) is 5.73 Å². The third-order valence-electron chi connectivity index (χ3n) is 6.09. The van der Waals surface area contributed by atoms with E-state index in [2.05, 4.69) is 25.5 Å². The quantitative estimate of drug-likeness (QED) is 0.363. The highest BCUT2D eigenvalue weighted by molar-refractivity contribution is 6.07. The number of hydrogen-bond donors (Lipinski definition) is 3. The molecule has 5 rings (SSSR count). The van der Waals surface area contributed by atoms with Gasteiger partial charge in [0.05, 0.1) is 41.1 Å². The lowest BCUT2D eigenvalue weighted by molar-refractivity contribution is -0.138. The van der Waals surface area contributed by atoms with E-state index in [1.54, 1.807) is 18.3 Å². The molecule has 0 saturated carbocycles. The Hall–Kier alpha value is -4.22. The zero-order chi connectivity index (χ0) is 24.9. The predicted molar refractivity (Wildman–Crippen MR) is 120 cm³/mol. The van der Waals surface area contributed by atoms with Crippen molar-refractivity contribution in [2.45, 2.75) is 32.2 Å². The van der Waals surface area contributed by atoms with E-state index in [0.717, 1.165) is 29.5 Å². The Kier molecular flexibility index (Phi) is 5.30. The summed E-state index contributed by atoms with van der Waals surface area (Å²) in [6.45, 7) is 1.84. The van der Waals surface area contributed by atoms with Crippen LogP contribution in [0.1, 0.15) is 45.7 Å². The van der Waals surface area contributed by atoms with E-state index in [1.807, 2.05) is 11.8 Å². The van der Waals surface area contributed by atoms with Gasteiger partial charge in [-0.3, -0.25) is 9.89 Å². The highest BCUT2D eigenvalue weighted by Crippen LogP contribution is 2.37. The molecule has 1 amide bonds. The fourth-order valence-electron chi connectivity index (χ4n) is 4.31. The summed E-state index contributed by atoms with van der Waals surface area (Å²) in [6, 6.07) is 7.33. The standard InChI is InChI=1S/C23H19F4N7O/c1-11-14-9-30-33-18(14)10-34(11)22-31-19-12(20(28)35)4-2-5-13(19)21(32-22)29-8-15-16(23(25,26)27)6-3-7-17(15)24/h2-7,9,11H,8,10H2,1H3,(H2,28,35)(H,30,33)(H,29,31,32)/t11-/m1/s1. The normalized spacial score (nSPS) is 15.5. The number of nitrogens with one attached hydrogen (secondary N) is 2. The lowest BCUT2D eigenvalue weighted by atomic mass is 10.1. The molecule has 35 heavy (non-hydrogen) atoms. The molecule has 4 N–H and O–H groups in total. The molecule has 0 fully saturated rings. The number of halogens is 4. The zero-order valence-electron chi connectivity index (χ0n) is 18.3. The summed E-state index contributed by atoms with van der Waals surface area (Å²) in [7, 11) is 0. The summed E-state index contributed by atoms with van der Waals surface area (Å²) in [5.41, 5.74) is 6.10. The summed E-state index contributed by atoms with van der Waals surface area (Å²) in [5.74, 6) is -1.34. The molecule has 12 heteroatoms. The van der Waals surface area contributed by atoms with Crippen molar-refractivity contribution >= 4 is 28.6 Å². The number of carbonyl (C=O) groups excluding carboxylic acids is 1. The van der Waals surface area contributed by atoms with E-state index in [0.29, 0.717) is 11.9 Å². The second kappa shape index (κ2) is 8.22. The fourth-order valence-corrected chi connectivity index (χ4v) is 4.31. The van der Waals surface area contributed by atoms with Crippen LogP contribution in [0.3, 0.4) is 0 Å². The van der Waals surface area contributed by atoms with Gasteiger partial charge in [-0.1, -0.05) is 12.1 Å². The van der Waals surface area contributed by atoms with Crippen LogP contribution in [0.2, 0.25) is 0 Å². The predicted octanol–water partition coefficient (Wildman–Crippen LogP) is 4.30. The number of H-pyrrole nitrogens is 1. The zero-order valence-corrected chi connectivity index (χ0v) is 18.3. The summed E-state index contributed by atoms with van der Waals surface area (Å²) in [5, 5.41) is 10.1. The number of aromatic nitrogens is 4. The van der Waals surface area contributed by atoms with Crippen molar-refractivity contribution in [3.63, 3.8) is 0 Å². The van der Waals surface area contributed by atoms with Crippen molar-refractivity contribution < 1.29 is 22.4 Å². The van der Waals surface area contributed by atoms with E-state index in [-0.39, 0.29) is 28.9 Å². The third kappa shape index (κ3) is 3.90. The van der Waals surface area contributed by atoms with Crippen LogP contribution >= 0.6 is 0 Å². The van der Waals surface area contributed by atoms with Crippen LogP contribution in [0.25, 0.3) is 10.9 Å². The molecule has 3 heterocycles. The monoisotopic (exact) mass is 485 g/mol. The second-order valence-electron chi connectivity index (χ2n) is 8.16. The number of amides is 1. The van der Waals surface area contributed by atoms with Gasteiger partial charge in [0.15, 0.2) is 0 Å². The first-order chi connectivity index (χ1) is 16.6. The number of alkyl halides is 3. The molecular weight excluding hydrogens is 466 g/mol. The summed E-state index contributed by atoms with van der Waals surface area (Å²) >= 11 is 0. The Bertz CT molecular complexity index is 1450. The number of aromatic amines is 1. The van der Waals surface area contributed by atoms with E-state index < -0.39 is 35.6 Å². The first kappa shape index (κ1) is 22.6. The van der Waals surface area contributed by atoms with Crippen molar-refractivity contribution in [1.29, 1.82) is 0 Å². The number of benzene rings is 2. The number of fused-ring (bicyclic) bond motifs is 2. The Balaban J connectivity index is 1.60. The van der Waals surface area contributed by atoms with Crippen molar-refractivity contribution in [1.82, 2.24) is 20.2 Å². The number of anilines is 2. The van der Waals surface area contributed by atoms with Gasteiger partial charge in [0, 0.05) is 23.1 Å². The number of rotatable bonds is 5. The van der Waals surface area contributed by atoms with Crippen molar-refractivity contribution in [2.75, 3.05) is 10.2 Å². The molecule has 0 bridgehead atoms. The summed E-state index contributed by atoms with van der Waals surface area (Å²) in [4.78, 5) is 23.0. The number of primary amides is 1. The van der Waals surface area contributed by atoms with Gasteiger partial charge >= 0.3 is 6.18 Å². The van der Waals surface area contributed by atoms with Crippen LogP contribution in [0.4, 0.5) is 29.3 Å². The van der Waals surface area contributed by atoms with Crippen LogP contribution < -0.4 is 16.0 Å². The van der Waals surface area contributed by atoms with Gasteiger partial charge in [0.25, 0.3) is 5.91 Å². The molecule has 180 valence electrons. The lowest BCUT2D eigenvalue weighted by Gasteiger charge is -2.23. The van der Waals surface area contributed by atoms with Crippen LogP contribution in [0.15, 0.2) is 42.6 Å². The summed E-state index contributed by atoms with van der Waals surface area (Å²) in [6.07, 6.45) is -3.03. The molecule has 1 aliphatic rings. The molecule has 0 spiro atoms. The topological polar surface area (TPSA) is 113 Å². The average Bonchev–Trinajstić information content (AvgIpc) is 3.39. The number of para-hydroxylation sites is 1. The Labute approximate surface area is 196 Å². The van der Waals surface area contributed by atoms with Gasteiger partial charge in [-0.2, -0.15) is 23.3 Å². The molecule has 1 aliphatic heterocycles. The van der Waals surface area contributed by atoms with Crippen LogP contribution in [0, 0.1) is 5.82 Å². The summed E-state index contributed by atoms with van der Waals surface area (Å²) < 4.78 is 54.8. The molecular formula is C23H19F4N7O. The fraction of sp³-hybridized carbons (Fsp3) is 0.217. The average molecular weight is 485 g/mol. The van der Waals surface area contributed by atoms with E-state index >= 15 is 0 Å². The van der Waals surface area contributed by atoms with Gasteiger partial charge in [-0.15, -0.1) is 0 Å². The lowest BCUT2D eigenvalue weighted by Crippen LogP contribution is -2.23. The highest BCUT2D eigenvalue weighted by atomic mass is 19.4. The first-order valence-corrected chi connectivity index (χ1v) is 10.6. The van der Waals surface area contributed by atoms with Gasteiger partial charge < -0.3 is 16.0 Å². The molecule has 8 nitrogen and oxygen atoms in total. The van der Waals surface area contributed by atoms with Crippen LogP contribution in [0.5, 0.6) is 0 Å². The Morgan fingerprint density at radius 3 is 2.71 bits per heavy atom. The smallest absolute Gasteiger partial charge is 0.366 e. The minimum absolute atomic E-state index is 0.128. The highest BCUT2D eigenvalue weighted by Gasteiger charge is 2.35. The van der Waals surface area contributed by atoms with Crippen molar-refractivity contribution in [3.05, 3.63) is 76.4 Å². The van der Waals surface area contributed by atoms with E-state index in [9.17, 15) is 22.4 Å². The molecule has 0 saturated heterocycles. The van der Waals surface area contributed by atoms with Crippen molar-refractivity contribution in [3.8, 4) is 0 Å². The van der Waals surface area contributed by atoms with Crippen molar-refractivity contribution in [2.24, 2.45) is 5.73 Å². The second-order valence-corrected chi connectivity index (χ2v) is 8.16. The Morgan fingerprint density at radius 2 is 2.00 bits per heavy atom. The molecule has 0 aliphatic carbocycles. The number of hydrogen-bond acceptors (Lipinski definition) is 6. The minimum Gasteiger partial charge on any atom is -0.366 e. The SMILES string of the molecule is C[C@@H]1c2cn[nH]c2CN1c1nc(NCc2c(F)cccc2C(F)(F)F)c2cccc(C(N)=O)c2n1. The van der Waals surface area contributed by atoms with Gasteiger partial charge in [0.1, 0.15) is 11.6 Å². The molecule has 2 aromatic heterocycles. The maximum atomic E-state index is 14.4. The first-order valence-electron chi connectivity index (χ1n) is 10.6. The van der Waals surface area contributed by atoms with Crippen LogP contribution in [-0.4, -0.2) is 26.1 Å². The molecule has 0 radical (unpaired) electrons. The molecule has 2 aromatic carbocycles. The molecule has 1 atom stereocenters. The van der Waals surface area contributed by atoms with Gasteiger partial charge in [0.2, 0.25) is 5.95 Å². The maximum Gasteiger partial charge on any atom is 0.416 e. The maximum absolute atomic E-state index is 14.4. The van der Waals surface area contributed by atoms with E-state index in [1.165, 1.54) is 6.07 Å².